The van der Waals surface area contributed by atoms with Gasteiger partial charge in [0.05, 0.1) is 21.4 Å². The van der Waals surface area contributed by atoms with Crippen LogP contribution in [0.2, 0.25) is 5.28 Å². The molecule has 0 atom stereocenters. The highest BCUT2D eigenvalue weighted by atomic mass is 35.5. The highest BCUT2D eigenvalue weighted by molar-refractivity contribution is 7.16. The van der Waals surface area contributed by atoms with Gasteiger partial charge in [-0.05, 0) is 29.8 Å². The smallest absolute Gasteiger partial charge is 0.229 e. The van der Waals surface area contributed by atoms with Crippen molar-refractivity contribution in [3.05, 3.63) is 34.8 Å². The second kappa shape index (κ2) is 4.33. The zero-order chi connectivity index (χ0) is 12.7. The van der Waals surface area contributed by atoms with Gasteiger partial charge in [-0.2, -0.15) is 0 Å². The molecule has 18 heavy (non-hydrogen) atoms. The maximum absolute atomic E-state index is 6.13. The van der Waals surface area contributed by atoms with Crippen molar-refractivity contribution in [2.45, 2.75) is 19.8 Å². The molecule has 0 aliphatic heterocycles. The molecule has 0 saturated heterocycles. The van der Waals surface area contributed by atoms with E-state index in [-0.39, 0.29) is 5.92 Å². The molecule has 92 valence electrons. The number of fused-ring (bicyclic) bond motifs is 1. The number of nitrogens with zero attached hydrogens (tertiary/aromatic N) is 4. The number of benzene rings is 1. The van der Waals surface area contributed by atoms with E-state index in [9.17, 15) is 0 Å². The summed E-state index contributed by atoms with van der Waals surface area (Å²) in [6.45, 7) is 4.14. The summed E-state index contributed by atoms with van der Waals surface area (Å²) in [6, 6.07) is 6.04. The highest BCUT2D eigenvalue weighted by Crippen LogP contribution is 2.26. The molecule has 0 amide bonds. The second-order valence-corrected chi connectivity index (χ2v) is 5.55. The van der Waals surface area contributed by atoms with E-state index >= 15 is 0 Å². The largest absolute Gasteiger partial charge is 0.269 e. The van der Waals surface area contributed by atoms with Crippen molar-refractivity contribution in [1.82, 2.24) is 19.7 Å². The molecule has 0 fully saturated rings. The fraction of sp³-hybridized carbons (Fsp3) is 0.250. The van der Waals surface area contributed by atoms with Crippen LogP contribution >= 0.6 is 22.9 Å². The molecule has 0 spiro atoms. The number of hydrogen-bond donors (Lipinski definition) is 0. The molecule has 6 heteroatoms. The third-order valence-electron chi connectivity index (χ3n) is 2.74. The van der Waals surface area contributed by atoms with Crippen LogP contribution in [0.3, 0.4) is 0 Å². The highest BCUT2D eigenvalue weighted by Gasteiger charge is 2.15. The number of thiazole rings is 1. The molecule has 1 aromatic carbocycles. The molecular weight excluding hydrogens is 268 g/mol. The predicted octanol–water partition coefficient (Wildman–Crippen LogP) is 3.65. The summed E-state index contributed by atoms with van der Waals surface area (Å²) in [6.07, 6.45) is 0. The Morgan fingerprint density at radius 3 is 2.89 bits per heavy atom. The standard InChI is InChI=1S/C12H11ClN4S/c1-7(2)11-15-16-12(13)17(11)8-3-4-9-10(5-8)18-6-14-9/h3-7H,1-2H3. The molecule has 0 aliphatic carbocycles. The van der Waals surface area contributed by atoms with Crippen molar-refractivity contribution in [2.75, 3.05) is 0 Å². The predicted molar refractivity (Wildman–Crippen MR) is 73.6 cm³/mol. The molecule has 0 radical (unpaired) electrons. The minimum atomic E-state index is 0.266. The lowest BCUT2D eigenvalue weighted by atomic mass is 10.2. The van der Waals surface area contributed by atoms with Crippen molar-refractivity contribution in [3.8, 4) is 5.69 Å². The van der Waals surface area contributed by atoms with E-state index in [1.54, 1.807) is 11.3 Å². The van der Waals surface area contributed by atoms with Gasteiger partial charge < -0.3 is 0 Å². The summed E-state index contributed by atoms with van der Waals surface area (Å²) in [4.78, 5) is 4.27. The van der Waals surface area contributed by atoms with E-state index in [1.165, 1.54) is 0 Å². The second-order valence-electron chi connectivity index (χ2n) is 4.32. The minimum absolute atomic E-state index is 0.266. The van der Waals surface area contributed by atoms with Crippen molar-refractivity contribution >= 4 is 33.2 Å². The maximum atomic E-state index is 6.13. The monoisotopic (exact) mass is 278 g/mol. The third kappa shape index (κ3) is 1.79. The van der Waals surface area contributed by atoms with Crippen molar-refractivity contribution in [3.63, 3.8) is 0 Å². The molecule has 0 aliphatic rings. The first-order valence-electron chi connectivity index (χ1n) is 5.61. The zero-order valence-corrected chi connectivity index (χ0v) is 11.5. The third-order valence-corrected chi connectivity index (χ3v) is 3.77. The normalized spacial score (nSPS) is 11.6. The van der Waals surface area contributed by atoms with Crippen LogP contribution < -0.4 is 0 Å². The van der Waals surface area contributed by atoms with Gasteiger partial charge >= 0.3 is 0 Å². The van der Waals surface area contributed by atoms with Crippen LogP contribution in [0, 0.1) is 0 Å². The van der Waals surface area contributed by atoms with Gasteiger partial charge in [-0.15, -0.1) is 21.5 Å². The molecule has 2 aromatic heterocycles. The topological polar surface area (TPSA) is 43.6 Å². The quantitative estimate of drug-likeness (QED) is 0.719. The van der Waals surface area contributed by atoms with E-state index < -0.39 is 0 Å². The first kappa shape index (κ1) is 11.6. The Balaban J connectivity index is 2.21. The molecule has 3 rings (SSSR count). The van der Waals surface area contributed by atoms with Crippen LogP contribution in [0.4, 0.5) is 0 Å². The van der Waals surface area contributed by atoms with Gasteiger partial charge in [-0.1, -0.05) is 13.8 Å². The summed E-state index contributed by atoms with van der Waals surface area (Å²) in [7, 11) is 0. The maximum Gasteiger partial charge on any atom is 0.229 e. The lowest BCUT2D eigenvalue weighted by molar-refractivity contribution is 0.746. The van der Waals surface area contributed by atoms with Crippen molar-refractivity contribution in [2.24, 2.45) is 0 Å². The lowest BCUT2D eigenvalue weighted by Gasteiger charge is -2.09. The van der Waals surface area contributed by atoms with Crippen LogP contribution in [0.5, 0.6) is 0 Å². The first-order chi connectivity index (χ1) is 8.66. The van der Waals surface area contributed by atoms with E-state index in [4.69, 9.17) is 11.6 Å². The summed E-state index contributed by atoms with van der Waals surface area (Å²) in [5.74, 6) is 1.13. The number of rotatable bonds is 2. The summed E-state index contributed by atoms with van der Waals surface area (Å²) in [5.41, 5.74) is 3.82. The Bertz CT molecular complexity index is 701. The minimum Gasteiger partial charge on any atom is -0.269 e. The molecule has 0 unspecified atom stereocenters. The molecule has 3 aromatic rings. The van der Waals surface area contributed by atoms with Gasteiger partial charge in [0.15, 0.2) is 0 Å². The summed E-state index contributed by atoms with van der Waals surface area (Å²) in [5, 5.41) is 8.47. The molecule has 0 bridgehead atoms. The first-order valence-corrected chi connectivity index (χ1v) is 6.87. The van der Waals surface area contributed by atoms with E-state index in [2.05, 4.69) is 35.1 Å². The Morgan fingerprint density at radius 2 is 2.11 bits per heavy atom. The van der Waals surface area contributed by atoms with Crippen molar-refractivity contribution < 1.29 is 0 Å². The number of halogens is 1. The van der Waals surface area contributed by atoms with Crippen LogP contribution in [-0.2, 0) is 0 Å². The SMILES string of the molecule is CC(C)c1nnc(Cl)n1-c1ccc2ncsc2c1. The van der Waals surface area contributed by atoms with Gasteiger partial charge in [-0.25, -0.2) is 4.98 Å². The number of hydrogen-bond acceptors (Lipinski definition) is 4. The van der Waals surface area contributed by atoms with Gasteiger partial charge in [0.1, 0.15) is 5.82 Å². The molecule has 2 heterocycles. The summed E-state index contributed by atoms with van der Waals surface area (Å²) >= 11 is 7.74. The average Bonchev–Trinajstić information content (AvgIpc) is 2.93. The van der Waals surface area contributed by atoms with E-state index in [0.717, 1.165) is 21.7 Å². The fourth-order valence-corrected chi connectivity index (χ4v) is 2.80. The van der Waals surface area contributed by atoms with Crippen LogP contribution in [0.1, 0.15) is 25.6 Å². The molecular formula is C12H11ClN4S. The van der Waals surface area contributed by atoms with Gasteiger partial charge in [0.2, 0.25) is 5.28 Å². The van der Waals surface area contributed by atoms with E-state index in [1.807, 2.05) is 22.2 Å². The summed E-state index contributed by atoms with van der Waals surface area (Å²) < 4.78 is 3.01. The van der Waals surface area contributed by atoms with Crippen molar-refractivity contribution in [1.29, 1.82) is 0 Å². The van der Waals surface area contributed by atoms with Gasteiger partial charge in [-0.3, -0.25) is 4.57 Å². The molecule has 0 saturated carbocycles. The Hall–Kier alpha value is -1.46. The fourth-order valence-electron chi connectivity index (χ4n) is 1.87. The van der Waals surface area contributed by atoms with Crippen LogP contribution in [0.15, 0.2) is 23.7 Å². The van der Waals surface area contributed by atoms with Crippen LogP contribution in [-0.4, -0.2) is 19.7 Å². The number of aromatic nitrogens is 4. The molecule has 4 nitrogen and oxygen atoms in total. The van der Waals surface area contributed by atoms with Crippen LogP contribution in [0.25, 0.3) is 15.9 Å². The Kier molecular flexibility index (Phi) is 2.80. The Morgan fingerprint density at radius 1 is 1.28 bits per heavy atom. The average molecular weight is 279 g/mol. The zero-order valence-electron chi connectivity index (χ0n) is 9.96. The van der Waals surface area contributed by atoms with E-state index in [0.29, 0.717) is 5.28 Å². The molecule has 0 N–H and O–H groups in total. The lowest BCUT2D eigenvalue weighted by Crippen LogP contribution is -2.03. The van der Waals surface area contributed by atoms with Gasteiger partial charge in [0.25, 0.3) is 0 Å². The van der Waals surface area contributed by atoms with Gasteiger partial charge in [0, 0.05) is 5.92 Å². The Labute approximate surface area is 113 Å².